The normalized spacial score (nSPS) is 12.2. The molecule has 0 aliphatic heterocycles. The van der Waals surface area contributed by atoms with Crippen molar-refractivity contribution in [2.24, 2.45) is 7.05 Å². The highest BCUT2D eigenvalue weighted by atomic mass is 14.9. The molecule has 19 heavy (non-hydrogen) atoms. The molecule has 0 aliphatic rings. The summed E-state index contributed by atoms with van der Waals surface area (Å²) in [6, 6.07) is 8.69. The molecular weight excluding hydrogens is 232 g/mol. The lowest BCUT2D eigenvalue weighted by Crippen LogP contribution is -2.25. The van der Waals surface area contributed by atoms with Gasteiger partial charge in [-0.2, -0.15) is 0 Å². The highest BCUT2D eigenvalue weighted by molar-refractivity contribution is 5.84. The van der Waals surface area contributed by atoms with Gasteiger partial charge in [0.05, 0.1) is 0 Å². The highest BCUT2D eigenvalue weighted by Crippen LogP contribution is 2.33. The van der Waals surface area contributed by atoms with Crippen LogP contribution in [0.15, 0.2) is 30.5 Å². The largest absolute Gasteiger partial charge is 0.350 e. The Labute approximate surface area is 116 Å². The minimum Gasteiger partial charge on any atom is -0.350 e. The molecular formula is C17H26N2. The van der Waals surface area contributed by atoms with E-state index in [9.17, 15) is 0 Å². The Morgan fingerprint density at radius 1 is 1.16 bits per heavy atom. The SMILES string of the molecule is CCCNCCC(C)(C)c1cn(C)c2ccccc12. The van der Waals surface area contributed by atoms with E-state index < -0.39 is 0 Å². The topological polar surface area (TPSA) is 17.0 Å². The molecule has 2 aromatic rings. The smallest absolute Gasteiger partial charge is 0.0480 e. The van der Waals surface area contributed by atoms with Crippen LogP contribution in [0.5, 0.6) is 0 Å². The van der Waals surface area contributed by atoms with Crippen LogP contribution in [0, 0.1) is 0 Å². The van der Waals surface area contributed by atoms with Crippen LogP contribution in [0.2, 0.25) is 0 Å². The number of aryl methyl sites for hydroxylation is 1. The maximum atomic E-state index is 3.51. The molecule has 0 spiro atoms. The molecule has 0 aliphatic carbocycles. The van der Waals surface area contributed by atoms with Crippen molar-refractivity contribution in [3.63, 3.8) is 0 Å². The number of rotatable bonds is 6. The van der Waals surface area contributed by atoms with Gasteiger partial charge in [-0.05, 0) is 43.0 Å². The number of aromatic nitrogens is 1. The second kappa shape index (κ2) is 5.79. The Morgan fingerprint density at radius 3 is 2.63 bits per heavy atom. The van der Waals surface area contributed by atoms with Crippen LogP contribution in [0.3, 0.4) is 0 Å². The third-order valence-corrected chi connectivity index (χ3v) is 3.98. The van der Waals surface area contributed by atoms with Gasteiger partial charge in [0.1, 0.15) is 0 Å². The van der Waals surface area contributed by atoms with E-state index >= 15 is 0 Å². The van der Waals surface area contributed by atoms with E-state index in [-0.39, 0.29) is 5.41 Å². The molecule has 104 valence electrons. The van der Waals surface area contributed by atoms with Crippen molar-refractivity contribution in [3.05, 3.63) is 36.0 Å². The number of nitrogens with one attached hydrogen (secondary N) is 1. The lowest BCUT2D eigenvalue weighted by atomic mass is 9.81. The summed E-state index contributed by atoms with van der Waals surface area (Å²) in [5.41, 5.74) is 3.00. The van der Waals surface area contributed by atoms with Gasteiger partial charge in [-0.15, -0.1) is 0 Å². The zero-order valence-electron chi connectivity index (χ0n) is 12.7. The van der Waals surface area contributed by atoms with Crippen molar-refractivity contribution in [3.8, 4) is 0 Å². The molecule has 1 N–H and O–H groups in total. The molecule has 2 nitrogen and oxygen atoms in total. The number of benzene rings is 1. The van der Waals surface area contributed by atoms with Gasteiger partial charge < -0.3 is 9.88 Å². The first-order chi connectivity index (χ1) is 9.06. The molecule has 1 aromatic carbocycles. The van der Waals surface area contributed by atoms with Crippen LogP contribution in [-0.2, 0) is 12.5 Å². The predicted molar refractivity (Wildman–Crippen MR) is 83.7 cm³/mol. The van der Waals surface area contributed by atoms with Crippen LogP contribution in [0.4, 0.5) is 0 Å². The monoisotopic (exact) mass is 258 g/mol. The van der Waals surface area contributed by atoms with Gasteiger partial charge in [-0.1, -0.05) is 39.0 Å². The second-order valence-electron chi connectivity index (χ2n) is 6.05. The Hall–Kier alpha value is -1.28. The van der Waals surface area contributed by atoms with Gasteiger partial charge in [0.15, 0.2) is 0 Å². The summed E-state index contributed by atoms with van der Waals surface area (Å²) in [5, 5.41) is 4.90. The summed E-state index contributed by atoms with van der Waals surface area (Å²) in [5.74, 6) is 0. The van der Waals surface area contributed by atoms with Crippen LogP contribution < -0.4 is 5.32 Å². The van der Waals surface area contributed by atoms with Crippen LogP contribution in [-0.4, -0.2) is 17.7 Å². The Bertz CT molecular complexity index is 537. The molecule has 0 saturated heterocycles. The van der Waals surface area contributed by atoms with E-state index in [0.717, 1.165) is 13.1 Å². The van der Waals surface area contributed by atoms with E-state index in [1.165, 1.54) is 29.3 Å². The van der Waals surface area contributed by atoms with Gasteiger partial charge >= 0.3 is 0 Å². The second-order valence-corrected chi connectivity index (χ2v) is 6.05. The fourth-order valence-corrected chi connectivity index (χ4v) is 2.72. The number of hydrogen-bond donors (Lipinski definition) is 1. The summed E-state index contributed by atoms with van der Waals surface area (Å²) in [7, 11) is 2.14. The molecule has 1 aromatic heterocycles. The zero-order valence-corrected chi connectivity index (χ0v) is 12.7. The summed E-state index contributed by atoms with van der Waals surface area (Å²) in [6.07, 6.45) is 4.67. The lowest BCUT2D eigenvalue weighted by molar-refractivity contribution is 0.459. The lowest BCUT2D eigenvalue weighted by Gasteiger charge is -2.24. The molecule has 0 unspecified atom stereocenters. The summed E-state index contributed by atoms with van der Waals surface area (Å²) in [6.45, 7) is 9.11. The maximum absolute atomic E-state index is 3.51. The fraction of sp³-hybridized carbons (Fsp3) is 0.529. The molecule has 0 saturated carbocycles. The average Bonchev–Trinajstić information content (AvgIpc) is 2.74. The minimum absolute atomic E-state index is 0.210. The number of fused-ring (bicyclic) bond motifs is 1. The third kappa shape index (κ3) is 3.01. The van der Waals surface area contributed by atoms with E-state index in [4.69, 9.17) is 0 Å². The van der Waals surface area contributed by atoms with Gasteiger partial charge in [-0.3, -0.25) is 0 Å². The highest BCUT2D eigenvalue weighted by Gasteiger charge is 2.24. The van der Waals surface area contributed by atoms with Crippen molar-refractivity contribution >= 4 is 10.9 Å². The molecule has 2 heteroatoms. The van der Waals surface area contributed by atoms with Crippen LogP contribution in [0.1, 0.15) is 39.2 Å². The van der Waals surface area contributed by atoms with Crippen molar-refractivity contribution in [1.82, 2.24) is 9.88 Å². The van der Waals surface area contributed by atoms with Gasteiger partial charge in [0.2, 0.25) is 0 Å². The Balaban J connectivity index is 2.22. The van der Waals surface area contributed by atoms with Crippen molar-refractivity contribution in [1.29, 1.82) is 0 Å². The number of nitrogens with zero attached hydrogens (tertiary/aromatic N) is 1. The van der Waals surface area contributed by atoms with E-state index in [0.29, 0.717) is 0 Å². The molecule has 0 bridgehead atoms. The fourth-order valence-electron chi connectivity index (χ4n) is 2.72. The van der Waals surface area contributed by atoms with Gasteiger partial charge in [0, 0.05) is 24.1 Å². The first-order valence-corrected chi connectivity index (χ1v) is 7.31. The summed E-state index contributed by atoms with van der Waals surface area (Å²) < 4.78 is 2.24. The van der Waals surface area contributed by atoms with Crippen LogP contribution >= 0.6 is 0 Å². The molecule has 2 rings (SSSR count). The van der Waals surface area contributed by atoms with Crippen molar-refractivity contribution in [2.75, 3.05) is 13.1 Å². The summed E-state index contributed by atoms with van der Waals surface area (Å²) >= 11 is 0. The van der Waals surface area contributed by atoms with Gasteiger partial charge in [-0.25, -0.2) is 0 Å². The minimum atomic E-state index is 0.210. The predicted octanol–water partition coefficient (Wildman–Crippen LogP) is 3.85. The van der Waals surface area contributed by atoms with Crippen molar-refractivity contribution in [2.45, 2.75) is 39.0 Å². The van der Waals surface area contributed by atoms with E-state index in [1.54, 1.807) is 0 Å². The quantitative estimate of drug-likeness (QED) is 0.779. The summed E-state index contributed by atoms with van der Waals surface area (Å²) in [4.78, 5) is 0. The van der Waals surface area contributed by atoms with Gasteiger partial charge in [0.25, 0.3) is 0 Å². The van der Waals surface area contributed by atoms with E-state index in [2.05, 4.69) is 68.2 Å². The molecule has 0 amide bonds. The first kappa shape index (κ1) is 14.1. The number of para-hydroxylation sites is 1. The molecule has 0 fully saturated rings. The Kier molecular flexibility index (Phi) is 4.31. The standard InChI is InChI=1S/C17H26N2/c1-5-11-18-12-10-17(2,3)15-13-19(4)16-9-7-6-8-14(15)16/h6-9,13,18H,5,10-12H2,1-4H3. The molecule has 0 radical (unpaired) electrons. The third-order valence-electron chi connectivity index (χ3n) is 3.98. The van der Waals surface area contributed by atoms with Crippen LogP contribution in [0.25, 0.3) is 10.9 Å². The Morgan fingerprint density at radius 2 is 1.89 bits per heavy atom. The first-order valence-electron chi connectivity index (χ1n) is 7.31. The molecule has 1 heterocycles. The maximum Gasteiger partial charge on any atom is 0.0480 e. The zero-order chi connectivity index (χ0) is 13.9. The van der Waals surface area contributed by atoms with E-state index in [1.807, 2.05) is 0 Å². The van der Waals surface area contributed by atoms with Crippen molar-refractivity contribution < 1.29 is 0 Å². The molecule has 0 atom stereocenters. The number of hydrogen-bond acceptors (Lipinski definition) is 1. The average molecular weight is 258 g/mol.